The molecule has 0 saturated carbocycles. The monoisotopic (exact) mass is 592 g/mol. The van der Waals surface area contributed by atoms with Crippen LogP contribution in [0.4, 0.5) is 18.9 Å². The van der Waals surface area contributed by atoms with Crippen molar-refractivity contribution in [3.8, 4) is 5.75 Å². The summed E-state index contributed by atoms with van der Waals surface area (Å²) in [5.41, 5.74) is 5.00. The van der Waals surface area contributed by atoms with Gasteiger partial charge in [0.2, 0.25) is 0 Å². The maximum absolute atomic E-state index is 13.0. The molecule has 1 aliphatic rings. The number of hydrogen-bond acceptors (Lipinski definition) is 4. The topological polar surface area (TPSA) is 58.9 Å². The Hall–Kier alpha value is -3.43. The van der Waals surface area contributed by atoms with Crippen molar-refractivity contribution in [2.75, 3.05) is 18.0 Å². The third kappa shape index (κ3) is 6.82. The van der Waals surface area contributed by atoms with E-state index in [4.69, 9.17) is 11.6 Å². The van der Waals surface area contributed by atoms with Crippen LogP contribution in [0.3, 0.4) is 0 Å². The summed E-state index contributed by atoms with van der Waals surface area (Å²) in [5.74, 6) is -0.113. The van der Waals surface area contributed by atoms with Gasteiger partial charge in [0.15, 0.2) is 0 Å². The Labute approximate surface area is 241 Å². The molecule has 4 aromatic rings. The Morgan fingerprint density at radius 1 is 1.05 bits per heavy atom. The Balaban J connectivity index is 0.00000370. The van der Waals surface area contributed by atoms with Crippen LogP contribution in [-0.4, -0.2) is 34.7 Å². The number of aryl methyl sites for hydroxylation is 1. The summed E-state index contributed by atoms with van der Waals surface area (Å²) in [6, 6.07) is 17.9. The second kappa shape index (κ2) is 12.4. The van der Waals surface area contributed by atoms with Crippen molar-refractivity contribution >= 4 is 41.2 Å². The van der Waals surface area contributed by atoms with Crippen LogP contribution in [0.2, 0.25) is 5.02 Å². The number of carbonyl (C=O) groups is 1. The highest BCUT2D eigenvalue weighted by Gasteiger charge is 2.31. The fraction of sp³-hybridized carbons (Fsp3) is 0.310. The molecule has 1 fully saturated rings. The van der Waals surface area contributed by atoms with E-state index in [-0.39, 0.29) is 30.0 Å². The van der Waals surface area contributed by atoms with Crippen molar-refractivity contribution in [3.05, 3.63) is 94.4 Å². The number of anilines is 1. The van der Waals surface area contributed by atoms with Gasteiger partial charge in [0, 0.05) is 31.5 Å². The molecule has 0 unspecified atom stereocenters. The van der Waals surface area contributed by atoms with Crippen LogP contribution in [0.25, 0.3) is 5.65 Å². The molecule has 40 heavy (non-hydrogen) atoms. The van der Waals surface area contributed by atoms with Crippen LogP contribution in [-0.2, 0) is 13.0 Å². The number of hydrogen-bond donors (Lipinski definition) is 1. The summed E-state index contributed by atoms with van der Waals surface area (Å²) in [6.45, 7) is 4.04. The molecule has 1 amide bonds. The molecule has 0 aliphatic carbocycles. The zero-order valence-electron chi connectivity index (χ0n) is 21.7. The molecule has 6 nitrogen and oxygen atoms in total. The van der Waals surface area contributed by atoms with Crippen LogP contribution < -0.4 is 15.0 Å². The summed E-state index contributed by atoms with van der Waals surface area (Å²) in [6.07, 6.45) is -0.546. The molecule has 0 spiro atoms. The maximum atomic E-state index is 13.0. The van der Waals surface area contributed by atoms with E-state index < -0.39 is 6.36 Å². The maximum Gasteiger partial charge on any atom is 0.573 e. The highest BCUT2D eigenvalue weighted by molar-refractivity contribution is 6.30. The van der Waals surface area contributed by atoms with Gasteiger partial charge in [0.25, 0.3) is 5.91 Å². The summed E-state index contributed by atoms with van der Waals surface area (Å²) in [7, 11) is 0. The van der Waals surface area contributed by atoms with Gasteiger partial charge in [0.1, 0.15) is 17.1 Å². The quantitative estimate of drug-likeness (QED) is 0.247. The second-order valence-electron chi connectivity index (χ2n) is 9.56. The van der Waals surface area contributed by atoms with E-state index in [1.165, 1.54) is 12.1 Å². The Bertz CT molecular complexity index is 1450. The van der Waals surface area contributed by atoms with Crippen molar-refractivity contribution in [3.63, 3.8) is 0 Å². The van der Waals surface area contributed by atoms with E-state index in [0.717, 1.165) is 48.4 Å². The molecule has 212 valence electrons. The predicted molar refractivity (Wildman–Crippen MR) is 152 cm³/mol. The van der Waals surface area contributed by atoms with Crippen molar-refractivity contribution in [1.82, 2.24) is 14.7 Å². The summed E-state index contributed by atoms with van der Waals surface area (Å²) >= 11 is 6.14. The summed E-state index contributed by atoms with van der Waals surface area (Å²) < 4.78 is 42.9. The number of carbonyl (C=O) groups excluding carboxylic acids is 1. The molecule has 11 heteroatoms. The van der Waals surface area contributed by atoms with E-state index in [9.17, 15) is 18.0 Å². The second-order valence-corrected chi connectivity index (χ2v) is 10.00. The molecule has 0 bridgehead atoms. The smallest absolute Gasteiger partial charge is 0.406 e. The van der Waals surface area contributed by atoms with Gasteiger partial charge < -0.3 is 15.0 Å². The molecule has 0 atom stereocenters. The molecule has 1 aliphatic heterocycles. The molecule has 0 radical (unpaired) electrons. The van der Waals surface area contributed by atoms with Crippen LogP contribution in [0, 0.1) is 0 Å². The lowest BCUT2D eigenvalue weighted by molar-refractivity contribution is -0.274. The van der Waals surface area contributed by atoms with Crippen molar-refractivity contribution < 1.29 is 22.7 Å². The fourth-order valence-corrected chi connectivity index (χ4v) is 5.22. The zero-order chi connectivity index (χ0) is 27.6. The predicted octanol–water partition coefficient (Wildman–Crippen LogP) is 7.18. The highest BCUT2D eigenvalue weighted by atomic mass is 35.5. The van der Waals surface area contributed by atoms with Crippen molar-refractivity contribution in [1.29, 1.82) is 0 Å². The van der Waals surface area contributed by atoms with E-state index in [1.807, 2.05) is 19.1 Å². The third-order valence-corrected chi connectivity index (χ3v) is 7.26. The molecule has 5 rings (SSSR count). The number of amides is 1. The number of ether oxygens (including phenoxy) is 1. The molecule has 1 saturated heterocycles. The number of pyridine rings is 1. The lowest BCUT2D eigenvalue weighted by atomic mass is 9.89. The number of alkyl halides is 3. The standard InChI is InChI=1S/C29H28ClF3N4O2.ClH/c1-2-25-27(37-18-22(30)7-12-26(37)35-25)28(38)34-17-19-3-8-23(9-4-19)36-15-13-21(14-16-36)20-5-10-24(11-6-20)39-29(31,32)33;/h3-12,18,21H,2,13-17H2,1H3,(H,34,38);1H. The summed E-state index contributed by atoms with van der Waals surface area (Å²) in [4.78, 5) is 19.9. The number of rotatable bonds is 7. The minimum atomic E-state index is -4.68. The van der Waals surface area contributed by atoms with E-state index in [0.29, 0.717) is 29.3 Å². The largest absolute Gasteiger partial charge is 0.573 e. The van der Waals surface area contributed by atoms with Gasteiger partial charge in [-0.05, 0) is 72.7 Å². The molecule has 1 N–H and O–H groups in total. The molecule has 2 aromatic carbocycles. The normalized spacial score (nSPS) is 14.2. The number of aromatic nitrogens is 2. The first-order valence-corrected chi connectivity index (χ1v) is 13.2. The van der Waals surface area contributed by atoms with Crippen LogP contribution in [0.15, 0.2) is 66.9 Å². The minimum Gasteiger partial charge on any atom is -0.406 e. The average molecular weight is 593 g/mol. The molecule has 3 heterocycles. The first-order valence-electron chi connectivity index (χ1n) is 12.8. The Kier molecular flexibility index (Phi) is 9.15. The number of nitrogens with zero attached hydrogens (tertiary/aromatic N) is 3. The zero-order valence-corrected chi connectivity index (χ0v) is 23.3. The number of fused-ring (bicyclic) bond motifs is 1. The van der Waals surface area contributed by atoms with E-state index in [2.05, 4.69) is 32.1 Å². The minimum absolute atomic E-state index is 0. The Morgan fingerprint density at radius 2 is 1.73 bits per heavy atom. The lowest BCUT2D eigenvalue weighted by Gasteiger charge is -2.34. The first kappa shape index (κ1) is 29.6. The molecular formula is C29H29Cl2F3N4O2. The number of piperidine rings is 1. The highest BCUT2D eigenvalue weighted by Crippen LogP contribution is 2.32. The lowest BCUT2D eigenvalue weighted by Crippen LogP contribution is -2.32. The van der Waals surface area contributed by atoms with Crippen molar-refractivity contribution in [2.24, 2.45) is 0 Å². The number of halogens is 5. The van der Waals surface area contributed by atoms with Crippen molar-refractivity contribution in [2.45, 2.75) is 45.0 Å². The Morgan fingerprint density at radius 3 is 2.35 bits per heavy atom. The van der Waals surface area contributed by atoms with E-state index >= 15 is 0 Å². The average Bonchev–Trinajstić information content (AvgIpc) is 3.29. The van der Waals surface area contributed by atoms with Gasteiger partial charge >= 0.3 is 6.36 Å². The van der Waals surface area contributed by atoms with Gasteiger partial charge in [-0.2, -0.15) is 0 Å². The first-order chi connectivity index (χ1) is 18.7. The number of benzene rings is 2. The third-order valence-electron chi connectivity index (χ3n) is 7.04. The van der Waals surface area contributed by atoms with Crippen LogP contribution in [0.1, 0.15) is 53.0 Å². The van der Waals surface area contributed by atoms with Crippen LogP contribution in [0.5, 0.6) is 5.75 Å². The SMILES string of the molecule is CCc1nc2ccc(Cl)cn2c1C(=O)NCc1ccc(N2CCC(c3ccc(OC(F)(F)F)cc3)CC2)cc1.Cl. The fourth-order valence-electron chi connectivity index (χ4n) is 5.06. The number of nitrogens with one attached hydrogen (secondary N) is 1. The van der Waals surface area contributed by atoms with Crippen LogP contribution >= 0.6 is 24.0 Å². The van der Waals surface area contributed by atoms with Gasteiger partial charge in [-0.15, -0.1) is 25.6 Å². The van der Waals surface area contributed by atoms with Gasteiger partial charge in [-0.25, -0.2) is 4.98 Å². The van der Waals surface area contributed by atoms with E-state index in [1.54, 1.807) is 34.9 Å². The van der Waals surface area contributed by atoms with Gasteiger partial charge in [0.05, 0.1) is 10.7 Å². The molecule has 2 aromatic heterocycles. The number of imidazole rings is 1. The summed E-state index contributed by atoms with van der Waals surface area (Å²) in [5, 5.41) is 3.53. The van der Waals surface area contributed by atoms with Gasteiger partial charge in [-0.1, -0.05) is 42.8 Å². The molecular weight excluding hydrogens is 564 g/mol. The van der Waals surface area contributed by atoms with Gasteiger partial charge in [-0.3, -0.25) is 9.20 Å².